The van der Waals surface area contributed by atoms with Crippen molar-refractivity contribution in [3.63, 3.8) is 0 Å². The van der Waals surface area contributed by atoms with Gasteiger partial charge in [0.25, 0.3) is 0 Å². The van der Waals surface area contributed by atoms with Crippen molar-refractivity contribution in [3.05, 3.63) is 35.4 Å². The van der Waals surface area contributed by atoms with Crippen molar-refractivity contribution in [2.24, 2.45) is 0 Å². The third-order valence-electron chi connectivity index (χ3n) is 4.61. The Labute approximate surface area is 164 Å². The topological polar surface area (TPSA) is 52.6 Å². The second-order valence-electron chi connectivity index (χ2n) is 7.05. The minimum absolute atomic E-state index is 0.0925. The number of benzene rings is 1. The zero-order chi connectivity index (χ0) is 19.9. The normalized spacial score (nSPS) is 11.8. The quantitative estimate of drug-likeness (QED) is 0.281. The molecule has 0 heterocycles. The Hall–Kier alpha value is -1.84. The van der Waals surface area contributed by atoms with Crippen molar-refractivity contribution in [2.75, 3.05) is 6.61 Å². The maximum Gasteiger partial charge on any atom is 0.339 e. The standard InChI is InChI=1S/C23H36O4/c1-4-7-9-10-13-18-26-22(24)20-16-11-12-17-21(20)23(25)27-19(14-6-3)15-8-5-2/h11-12,16-17,19H,4-10,13-15,18H2,1-3H3. The number of hydrogen-bond acceptors (Lipinski definition) is 4. The molecule has 0 fully saturated rings. The average Bonchev–Trinajstić information content (AvgIpc) is 2.68. The van der Waals surface area contributed by atoms with E-state index < -0.39 is 11.9 Å². The second kappa shape index (κ2) is 14.2. The van der Waals surface area contributed by atoms with Crippen LogP contribution in [0, 0.1) is 0 Å². The third kappa shape index (κ3) is 9.07. The molecule has 1 aromatic carbocycles. The minimum atomic E-state index is -0.446. The molecule has 0 bridgehead atoms. The van der Waals surface area contributed by atoms with Crippen LogP contribution in [0.15, 0.2) is 24.3 Å². The summed E-state index contributed by atoms with van der Waals surface area (Å²) in [5, 5.41) is 0. The summed E-state index contributed by atoms with van der Waals surface area (Å²) in [5.74, 6) is -0.876. The molecule has 0 aliphatic heterocycles. The number of carbonyl (C=O) groups excluding carboxylic acids is 2. The first-order valence-corrected chi connectivity index (χ1v) is 10.6. The van der Waals surface area contributed by atoms with Crippen LogP contribution in [0.25, 0.3) is 0 Å². The average molecular weight is 377 g/mol. The summed E-state index contributed by atoms with van der Waals surface area (Å²) in [4.78, 5) is 25.0. The molecule has 1 atom stereocenters. The van der Waals surface area contributed by atoms with Crippen molar-refractivity contribution in [2.45, 2.75) is 91.1 Å². The Balaban J connectivity index is 2.65. The maximum absolute atomic E-state index is 12.6. The van der Waals surface area contributed by atoms with Crippen LogP contribution < -0.4 is 0 Å². The first-order valence-electron chi connectivity index (χ1n) is 10.6. The molecular weight excluding hydrogens is 340 g/mol. The van der Waals surface area contributed by atoms with Crippen LogP contribution in [0.5, 0.6) is 0 Å². The van der Waals surface area contributed by atoms with Gasteiger partial charge in [-0.1, -0.05) is 77.8 Å². The lowest BCUT2D eigenvalue weighted by atomic mass is 10.1. The molecule has 0 saturated carbocycles. The van der Waals surface area contributed by atoms with Crippen LogP contribution in [0.4, 0.5) is 0 Å². The van der Waals surface area contributed by atoms with Gasteiger partial charge in [0.05, 0.1) is 17.7 Å². The maximum atomic E-state index is 12.6. The van der Waals surface area contributed by atoms with Crippen molar-refractivity contribution in [3.8, 4) is 0 Å². The molecule has 152 valence electrons. The van der Waals surface area contributed by atoms with Crippen molar-refractivity contribution < 1.29 is 19.1 Å². The van der Waals surface area contributed by atoms with Crippen LogP contribution in [-0.4, -0.2) is 24.6 Å². The van der Waals surface area contributed by atoms with Gasteiger partial charge in [0, 0.05) is 0 Å². The fourth-order valence-corrected chi connectivity index (χ4v) is 3.02. The van der Waals surface area contributed by atoms with Crippen LogP contribution in [-0.2, 0) is 9.47 Å². The highest BCUT2D eigenvalue weighted by molar-refractivity contribution is 6.03. The molecule has 27 heavy (non-hydrogen) atoms. The SMILES string of the molecule is CCCCCCCOC(=O)c1ccccc1C(=O)OC(CCC)CCCC. The second-order valence-corrected chi connectivity index (χ2v) is 7.05. The highest BCUT2D eigenvalue weighted by Crippen LogP contribution is 2.17. The number of carbonyl (C=O) groups is 2. The van der Waals surface area contributed by atoms with E-state index in [4.69, 9.17) is 9.47 Å². The lowest BCUT2D eigenvalue weighted by Crippen LogP contribution is -2.21. The van der Waals surface area contributed by atoms with Crippen molar-refractivity contribution in [1.29, 1.82) is 0 Å². The Morgan fingerprint density at radius 1 is 0.778 bits per heavy atom. The predicted molar refractivity (Wildman–Crippen MR) is 109 cm³/mol. The number of rotatable bonds is 14. The molecule has 0 spiro atoms. The van der Waals surface area contributed by atoms with Crippen molar-refractivity contribution >= 4 is 11.9 Å². The van der Waals surface area contributed by atoms with Gasteiger partial charge in [0.15, 0.2) is 0 Å². The molecule has 0 saturated heterocycles. The molecule has 0 aliphatic rings. The molecule has 0 aliphatic carbocycles. The van der Waals surface area contributed by atoms with Crippen LogP contribution >= 0.6 is 0 Å². The molecule has 1 unspecified atom stereocenters. The van der Waals surface area contributed by atoms with Gasteiger partial charge in [0.2, 0.25) is 0 Å². The summed E-state index contributed by atoms with van der Waals surface area (Å²) in [6, 6.07) is 6.77. The fourth-order valence-electron chi connectivity index (χ4n) is 3.02. The van der Waals surface area contributed by atoms with Gasteiger partial charge < -0.3 is 9.47 Å². The number of hydrogen-bond donors (Lipinski definition) is 0. The summed E-state index contributed by atoms with van der Waals surface area (Å²) >= 11 is 0. The van der Waals surface area contributed by atoms with E-state index in [0.29, 0.717) is 17.7 Å². The van der Waals surface area contributed by atoms with E-state index in [-0.39, 0.29) is 6.10 Å². The van der Waals surface area contributed by atoms with Crippen molar-refractivity contribution in [1.82, 2.24) is 0 Å². The van der Waals surface area contributed by atoms with Crippen LogP contribution in [0.2, 0.25) is 0 Å². The van der Waals surface area contributed by atoms with Gasteiger partial charge in [-0.05, 0) is 31.4 Å². The number of ether oxygens (including phenoxy) is 2. The van der Waals surface area contributed by atoms with Gasteiger partial charge in [-0.15, -0.1) is 0 Å². The lowest BCUT2D eigenvalue weighted by Gasteiger charge is -2.18. The van der Waals surface area contributed by atoms with Gasteiger partial charge in [-0.25, -0.2) is 9.59 Å². The third-order valence-corrected chi connectivity index (χ3v) is 4.61. The molecule has 1 rings (SSSR count). The van der Waals surface area contributed by atoms with Gasteiger partial charge in [0.1, 0.15) is 6.10 Å². The summed E-state index contributed by atoms with van der Waals surface area (Å²) in [5.41, 5.74) is 0.591. The van der Waals surface area contributed by atoms with Gasteiger partial charge in [-0.2, -0.15) is 0 Å². The molecular formula is C23H36O4. The van der Waals surface area contributed by atoms with E-state index in [1.54, 1.807) is 24.3 Å². The van der Waals surface area contributed by atoms with Gasteiger partial charge in [-0.3, -0.25) is 0 Å². The van der Waals surface area contributed by atoms with E-state index in [9.17, 15) is 9.59 Å². The summed E-state index contributed by atoms with van der Waals surface area (Å²) < 4.78 is 11.1. The number of unbranched alkanes of at least 4 members (excludes halogenated alkanes) is 5. The Kier molecular flexibility index (Phi) is 12.2. The Morgan fingerprint density at radius 3 is 2.04 bits per heavy atom. The lowest BCUT2D eigenvalue weighted by molar-refractivity contribution is 0.0246. The highest BCUT2D eigenvalue weighted by Gasteiger charge is 2.21. The van der Waals surface area contributed by atoms with E-state index in [1.165, 1.54) is 12.8 Å². The first kappa shape index (κ1) is 23.2. The predicted octanol–water partition coefficient (Wildman–Crippen LogP) is 6.33. The first-order chi connectivity index (χ1) is 13.1. The minimum Gasteiger partial charge on any atom is -0.462 e. The Bertz CT molecular complexity index is 553. The molecule has 0 aromatic heterocycles. The fraction of sp³-hybridized carbons (Fsp3) is 0.652. The van der Waals surface area contributed by atoms with Crippen LogP contribution in [0.1, 0.15) is 106 Å². The molecule has 4 heteroatoms. The zero-order valence-corrected chi connectivity index (χ0v) is 17.3. The summed E-state index contributed by atoms with van der Waals surface area (Å²) in [7, 11) is 0. The van der Waals surface area contributed by atoms with E-state index >= 15 is 0 Å². The Morgan fingerprint density at radius 2 is 1.41 bits per heavy atom. The van der Waals surface area contributed by atoms with E-state index in [1.807, 2.05) is 0 Å². The largest absolute Gasteiger partial charge is 0.462 e. The van der Waals surface area contributed by atoms with E-state index in [0.717, 1.165) is 51.4 Å². The highest BCUT2D eigenvalue weighted by atomic mass is 16.5. The van der Waals surface area contributed by atoms with Crippen LogP contribution in [0.3, 0.4) is 0 Å². The zero-order valence-electron chi connectivity index (χ0n) is 17.3. The smallest absolute Gasteiger partial charge is 0.339 e. The summed E-state index contributed by atoms with van der Waals surface area (Å²) in [6.07, 6.45) is 10.1. The molecule has 4 nitrogen and oxygen atoms in total. The molecule has 0 radical (unpaired) electrons. The van der Waals surface area contributed by atoms with E-state index in [2.05, 4.69) is 20.8 Å². The number of esters is 2. The monoisotopic (exact) mass is 376 g/mol. The van der Waals surface area contributed by atoms with Gasteiger partial charge >= 0.3 is 11.9 Å². The molecule has 1 aromatic rings. The summed E-state index contributed by atoms with van der Waals surface area (Å²) in [6.45, 7) is 6.77. The molecule has 0 amide bonds. The molecule has 0 N–H and O–H groups in total.